The van der Waals surface area contributed by atoms with E-state index >= 15 is 0 Å². The van der Waals surface area contributed by atoms with Crippen LogP contribution in [0.25, 0.3) is 0 Å². The average molecular weight is 1540 g/mol. The molecule has 2 saturated heterocycles. The maximum Gasteiger partial charge on any atom is 0.257 e. The molecule has 6 N–H and O–H groups in total. The van der Waals surface area contributed by atoms with Gasteiger partial charge < -0.3 is 30.7 Å². The van der Waals surface area contributed by atoms with Crippen LogP contribution in [-0.4, -0.2) is 123 Å². The number of piperidine rings is 1. The molecule has 0 radical (unpaired) electrons. The van der Waals surface area contributed by atoms with E-state index in [9.17, 15) is 28.8 Å². The van der Waals surface area contributed by atoms with Crippen molar-refractivity contribution in [1.29, 1.82) is 16.2 Å². The standard InChI is InChI=1S/C26H23Cl3N4O2.C25H21Cl3N4O2.C23H19Cl3N4O2/c27-18-8-9-24(31-15-18)32-26(35)21-12-19(28)13-22(29)20(21)14-23(34)16-4-6-17(7-5-16)25(30)33-10-2-1-3-11-33;26-17-7-8-23(30-14-17)31-25(34)20-11-18(27)12-21(28)19(20)13-22(33)15-3-5-16(6-4-15)24(29)32-9-1-2-10-32;1-30(2)22(27)14-5-3-13(4-6-14)20(31)11-17-18(9-16(25)10-19(17)26)23(32)29-21-8-7-15(24)12-28-21/h4-9,12-13,15,30H,1-3,10-11,14H2,(H,31,32,35);3-8,11-12,14,29H,1-2,9-10,13H2,(H,30,31,34);3-10,12,27H,11H2,1-2H3,(H,28,29,32). The van der Waals surface area contributed by atoms with Crippen molar-refractivity contribution in [2.24, 2.45) is 0 Å². The molecule has 0 spiro atoms. The number of carbonyl (C=O) groups excluding carboxylic acids is 6. The predicted octanol–water partition coefficient (Wildman–Crippen LogP) is 18.3. The Hall–Kier alpha value is -8.79. The summed E-state index contributed by atoms with van der Waals surface area (Å²) in [6.45, 7) is 3.52. The van der Waals surface area contributed by atoms with E-state index in [0.717, 1.165) is 63.0 Å². The van der Waals surface area contributed by atoms with Crippen LogP contribution in [0.5, 0.6) is 0 Å². The number of benzene rings is 6. The van der Waals surface area contributed by atoms with E-state index in [4.69, 9.17) is 121 Å². The molecule has 3 aromatic heterocycles. The third kappa shape index (κ3) is 20.9. The van der Waals surface area contributed by atoms with Gasteiger partial charge in [0.05, 0.1) is 15.1 Å². The summed E-state index contributed by atoms with van der Waals surface area (Å²) in [6, 6.07) is 39.1. The highest BCUT2D eigenvalue weighted by Gasteiger charge is 2.25. The number of hydrogen-bond donors (Lipinski definition) is 6. The van der Waals surface area contributed by atoms with Crippen LogP contribution in [0.15, 0.2) is 164 Å². The fourth-order valence-electron chi connectivity index (χ4n) is 10.8. The third-order valence-electron chi connectivity index (χ3n) is 16.1. The van der Waals surface area contributed by atoms with Crippen molar-refractivity contribution in [3.63, 3.8) is 0 Å². The molecular weight excluding hydrogens is 1470 g/mol. The normalized spacial score (nSPS) is 12.4. The van der Waals surface area contributed by atoms with Gasteiger partial charge in [-0.2, -0.15) is 0 Å². The van der Waals surface area contributed by atoms with Crippen molar-refractivity contribution >= 4 is 174 Å². The number of aromatic nitrogens is 3. The number of nitrogens with zero attached hydrogens (tertiary/aromatic N) is 6. The molecule has 27 heteroatoms. The monoisotopic (exact) mass is 1530 g/mol. The van der Waals surface area contributed by atoms with E-state index in [0.29, 0.717) is 89.0 Å². The number of hydrogen-bond acceptors (Lipinski definition) is 12. The lowest BCUT2D eigenvalue weighted by molar-refractivity contribution is 0.0980. The van der Waals surface area contributed by atoms with Crippen LogP contribution in [0, 0.1) is 16.2 Å². The third-order valence-corrected chi connectivity index (χ3v) is 18.5. The molecule has 5 heterocycles. The molecule has 518 valence electrons. The Bertz CT molecular complexity index is 4590. The quantitative estimate of drug-likeness (QED) is 0.0266. The number of carbonyl (C=O) groups is 6. The zero-order chi connectivity index (χ0) is 72.6. The summed E-state index contributed by atoms with van der Waals surface area (Å²) >= 11 is 55.1. The van der Waals surface area contributed by atoms with E-state index < -0.39 is 17.7 Å². The first-order chi connectivity index (χ1) is 48.3. The highest BCUT2D eigenvalue weighted by Crippen LogP contribution is 2.32. The lowest BCUT2D eigenvalue weighted by Gasteiger charge is -2.29. The zero-order valence-electron chi connectivity index (χ0n) is 54.1. The summed E-state index contributed by atoms with van der Waals surface area (Å²) < 4.78 is 0. The van der Waals surface area contributed by atoms with Gasteiger partial charge in [-0.1, -0.05) is 177 Å². The topological polar surface area (TPSA) is 258 Å². The van der Waals surface area contributed by atoms with Crippen molar-refractivity contribution in [2.45, 2.75) is 51.4 Å². The minimum Gasteiger partial charge on any atom is -0.363 e. The molecule has 2 fully saturated rings. The first kappa shape index (κ1) is 76.4. The Morgan fingerprint density at radius 2 is 0.634 bits per heavy atom. The largest absolute Gasteiger partial charge is 0.363 e. The van der Waals surface area contributed by atoms with Crippen LogP contribution in [-0.2, 0) is 19.3 Å². The molecular formula is C74H63Cl9N12O6. The SMILES string of the molecule is CN(C)C(=N)c1ccc(C(=O)Cc2c(Cl)cc(Cl)cc2C(=O)Nc2ccc(Cl)cn2)cc1.N=C(c1ccc(C(=O)Cc2c(Cl)cc(Cl)cc2C(=O)Nc2ccc(Cl)cn2)cc1)N1CCCC1.N=C(c1ccc(C(=O)Cc2c(Cl)cc(Cl)cc2C(=O)Nc2ccc(Cl)cn2)cc1)N1CCCCC1. The molecule has 0 bridgehead atoms. The van der Waals surface area contributed by atoms with Crippen LogP contribution in [0.1, 0.15) is 128 Å². The number of nitrogens with one attached hydrogen (secondary N) is 6. The van der Waals surface area contributed by atoms with Crippen molar-refractivity contribution in [3.05, 3.63) is 276 Å². The van der Waals surface area contributed by atoms with Gasteiger partial charge in [0.25, 0.3) is 17.7 Å². The first-order valence-electron chi connectivity index (χ1n) is 31.3. The predicted molar refractivity (Wildman–Crippen MR) is 405 cm³/mol. The molecule has 2 aliphatic heterocycles. The Kier molecular flexibility index (Phi) is 27.0. The van der Waals surface area contributed by atoms with E-state index in [1.807, 2.05) is 4.90 Å². The maximum atomic E-state index is 13.1. The minimum atomic E-state index is -0.498. The molecule has 18 nitrogen and oxygen atoms in total. The van der Waals surface area contributed by atoms with E-state index in [1.54, 1.807) is 128 Å². The molecule has 0 aliphatic carbocycles. The van der Waals surface area contributed by atoms with Crippen LogP contribution in [0.3, 0.4) is 0 Å². The summed E-state index contributed by atoms with van der Waals surface area (Å²) in [6.07, 6.45) is 9.52. The van der Waals surface area contributed by atoms with Gasteiger partial charge in [0.2, 0.25) is 0 Å². The molecule has 6 aromatic carbocycles. The number of likely N-dealkylation sites (tertiary alicyclic amines) is 2. The average Bonchev–Trinajstić information content (AvgIpc) is 0.917. The van der Waals surface area contributed by atoms with E-state index in [2.05, 4.69) is 35.8 Å². The lowest BCUT2D eigenvalue weighted by Crippen LogP contribution is -2.35. The highest BCUT2D eigenvalue weighted by molar-refractivity contribution is 6.38. The highest BCUT2D eigenvalue weighted by atomic mass is 35.5. The summed E-state index contributed by atoms with van der Waals surface area (Å²) in [7, 11) is 3.55. The molecule has 101 heavy (non-hydrogen) atoms. The molecule has 3 amide bonds. The van der Waals surface area contributed by atoms with Crippen LogP contribution in [0.2, 0.25) is 45.2 Å². The van der Waals surface area contributed by atoms with Gasteiger partial charge in [0.1, 0.15) is 35.0 Å². The van der Waals surface area contributed by atoms with Gasteiger partial charge in [-0.05, 0) is 122 Å². The van der Waals surface area contributed by atoms with Crippen molar-refractivity contribution < 1.29 is 28.8 Å². The van der Waals surface area contributed by atoms with Gasteiger partial charge in [-0.3, -0.25) is 45.0 Å². The number of amides is 3. The lowest BCUT2D eigenvalue weighted by atomic mass is 9.97. The molecule has 0 saturated carbocycles. The molecule has 9 aromatic rings. The van der Waals surface area contributed by atoms with Gasteiger partial charge in [0.15, 0.2) is 17.3 Å². The second kappa shape index (κ2) is 35.7. The summed E-state index contributed by atoms with van der Waals surface area (Å²) in [5, 5.41) is 35.7. The Labute approximate surface area is 628 Å². The van der Waals surface area contributed by atoms with E-state index in [1.165, 1.54) is 61.4 Å². The fourth-order valence-corrected chi connectivity index (χ4v) is 12.8. The molecule has 11 rings (SSSR count). The number of rotatable bonds is 18. The summed E-state index contributed by atoms with van der Waals surface area (Å²) in [4.78, 5) is 95.8. The zero-order valence-corrected chi connectivity index (χ0v) is 60.9. The minimum absolute atomic E-state index is 0.0876. The fraction of sp³-hybridized carbons (Fsp3) is 0.189. The van der Waals surface area contributed by atoms with Gasteiger partial charge in [0, 0.05) is 158 Å². The van der Waals surface area contributed by atoms with Crippen LogP contribution >= 0.6 is 104 Å². The Balaban J connectivity index is 0.000000177. The van der Waals surface area contributed by atoms with Gasteiger partial charge in [-0.15, -0.1) is 0 Å². The van der Waals surface area contributed by atoms with Crippen molar-refractivity contribution in [3.8, 4) is 0 Å². The first-order valence-corrected chi connectivity index (χ1v) is 34.8. The Morgan fingerprint density at radius 1 is 0.366 bits per heavy atom. The molecule has 0 unspecified atom stereocenters. The second-order valence-corrected chi connectivity index (χ2v) is 27.2. The molecule has 0 atom stereocenters. The van der Waals surface area contributed by atoms with Crippen molar-refractivity contribution in [1.82, 2.24) is 29.7 Å². The van der Waals surface area contributed by atoms with Crippen LogP contribution in [0.4, 0.5) is 17.5 Å². The number of amidine groups is 3. The number of pyridine rings is 3. The smallest absolute Gasteiger partial charge is 0.257 e. The van der Waals surface area contributed by atoms with E-state index in [-0.39, 0.29) is 83.4 Å². The second-order valence-electron chi connectivity index (χ2n) is 23.4. The molecule has 2 aliphatic rings. The van der Waals surface area contributed by atoms with Crippen LogP contribution < -0.4 is 16.0 Å². The summed E-state index contributed by atoms with van der Waals surface area (Å²) in [5.41, 5.74) is 5.26. The van der Waals surface area contributed by atoms with Gasteiger partial charge in [-0.25, -0.2) is 15.0 Å². The van der Waals surface area contributed by atoms with Crippen molar-refractivity contribution in [2.75, 3.05) is 56.2 Å². The Morgan fingerprint density at radius 3 is 0.901 bits per heavy atom. The number of anilines is 3. The summed E-state index contributed by atoms with van der Waals surface area (Å²) in [5.74, 6) is 0.0632. The van der Waals surface area contributed by atoms with Gasteiger partial charge >= 0.3 is 0 Å². The number of halogens is 9. The maximum absolute atomic E-state index is 13.1. The number of ketones is 3. The number of Topliss-reactive ketones (excluding diaryl/α,β-unsaturated/α-hetero) is 3.